The minimum atomic E-state index is 0.740. The molecular weight excluding hydrogens is 346 g/mol. The zero-order chi connectivity index (χ0) is 13.7. The van der Waals surface area contributed by atoms with E-state index in [1.165, 1.54) is 14.2 Å². The number of thiophene rings is 1. The highest BCUT2D eigenvalue weighted by Crippen LogP contribution is 2.35. The summed E-state index contributed by atoms with van der Waals surface area (Å²) in [6, 6.07) is 2.15. The van der Waals surface area contributed by atoms with Gasteiger partial charge in [0, 0.05) is 26.6 Å². The van der Waals surface area contributed by atoms with E-state index in [0.29, 0.717) is 0 Å². The highest BCUT2D eigenvalue weighted by Gasteiger charge is 2.10. The molecule has 0 spiro atoms. The number of nitrogens with one attached hydrogen (secondary N) is 1. The van der Waals surface area contributed by atoms with Crippen LogP contribution in [0.3, 0.4) is 0 Å². The maximum atomic E-state index is 4.98. The Kier molecular flexibility index (Phi) is 5.90. The molecule has 4 nitrogen and oxygen atoms in total. The molecule has 2 heterocycles. The van der Waals surface area contributed by atoms with Gasteiger partial charge in [-0.3, -0.25) is 0 Å². The summed E-state index contributed by atoms with van der Waals surface area (Å²) >= 11 is 6.92. The summed E-state index contributed by atoms with van der Waals surface area (Å²) in [4.78, 5) is 1.18. The molecule has 2 rings (SSSR count). The molecule has 0 saturated heterocycles. The minimum Gasteiger partial charge on any atom is -0.383 e. The highest BCUT2D eigenvalue weighted by atomic mass is 79.9. The molecule has 0 saturated carbocycles. The summed E-state index contributed by atoms with van der Waals surface area (Å²) in [5.41, 5.74) is 1.25. The highest BCUT2D eigenvalue weighted by molar-refractivity contribution is 9.11. The third-order valence-corrected chi connectivity index (χ3v) is 5.82. The van der Waals surface area contributed by atoms with Crippen LogP contribution in [0.15, 0.2) is 9.85 Å². The molecule has 2 aromatic heterocycles. The second-order valence-corrected chi connectivity index (χ2v) is 7.49. The van der Waals surface area contributed by atoms with Crippen LogP contribution in [-0.4, -0.2) is 37.0 Å². The van der Waals surface area contributed by atoms with E-state index >= 15 is 0 Å². The third-order valence-electron chi connectivity index (χ3n) is 2.53. The first-order valence-corrected chi connectivity index (χ1v) is 8.41. The lowest BCUT2D eigenvalue weighted by Crippen LogP contribution is -2.21. The molecular formula is C12H16BrN3OS2. The van der Waals surface area contributed by atoms with Crippen LogP contribution in [0.1, 0.15) is 10.6 Å². The average molecular weight is 362 g/mol. The predicted octanol–water partition coefficient (Wildman–Crippen LogP) is 3.12. The van der Waals surface area contributed by atoms with Crippen LogP contribution in [0.25, 0.3) is 9.88 Å². The van der Waals surface area contributed by atoms with Gasteiger partial charge >= 0.3 is 0 Å². The molecule has 0 aromatic carbocycles. The summed E-state index contributed by atoms with van der Waals surface area (Å²) in [6.45, 7) is 4.61. The van der Waals surface area contributed by atoms with E-state index in [4.69, 9.17) is 4.74 Å². The van der Waals surface area contributed by atoms with E-state index < -0.39 is 0 Å². The van der Waals surface area contributed by atoms with Gasteiger partial charge in [0.25, 0.3) is 0 Å². The normalized spacial score (nSPS) is 11.1. The summed E-state index contributed by atoms with van der Waals surface area (Å²) in [5, 5.41) is 13.9. The van der Waals surface area contributed by atoms with E-state index in [0.717, 1.165) is 36.1 Å². The SMILES string of the molecule is COCCNCCc1nnc(-c2cc(C)c(Br)s2)s1. The number of ether oxygens (including phenoxy) is 1. The number of aryl methyl sites for hydroxylation is 1. The number of methoxy groups -OCH3 is 1. The van der Waals surface area contributed by atoms with Crippen molar-refractivity contribution in [3.63, 3.8) is 0 Å². The van der Waals surface area contributed by atoms with Crippen molar-refractivity contribution in [2.24, 2.45) is 0 Å². The maximum Gasteiger partial charge on any atom is 0.157 e. The predicted molar refractivity (Wildman–Crippen MR) is 84.1 cm³/mol. The number of rotatable bonds is 7. The number of hydrogen-bond acceptors (Lipinski definition) is 6. The largest absolute Gasteiger partial charge is 0.383 e. The zero-order valence-corrected chi connectivity index (χ0v) is 14.1. The second-order valence-electron chi connectivity index (χ2n) is 4.06. The molecule has 0 unspecified atom stereocenters. The molecule has 2 aromatic rings. The molecule has 0 amide bonds. The molecule has 0 aliphatic carbocycles. The van der Waals surface area contributed by atoms with Crippen molar-refractivity contribution in [2.45, 2.75) is 13.3 Å². The zero-order valence-electron chi connectivity index (χ0n) is 10.9. The Hall–Kier alpha value is -0.340. The van der Waals surface area contributed by atoms with Crippen LogP contribution in [0.5, 0.6) is 0 Å². The summed E-state index contributed by atoms with van der Waals surface area (Å²) in [7, 11) is 1.71. The molecule has 0 radical (unpaired) electrons. The van der Waals surface area contributed by atoms with Crippen LogP contribution in [-0.2, 0) is 11.2 Å². The monoisotopic (exact) mass is 361 g/mol. The Morgan fingerprint density at radius 2 is 2.16 bits per heavy atom. The minimum absolute atomic E-state index is 0.740. The summed E-state index contributed by atoms with van der Waals surface area (Å²) in [5.74, 6) is 0. The van der Waals surface area contributed by atoms with Gasteiger partial charge in [-0.05, 0) is 34.5 Å². The second kappa shape index (κ2) is 7.44. The van der Waals surface area contributed by atoms with Crippen LogP contribution in [0.2, 0.25) is 0 Å². The first kappa shape index (κ1) is 15.1. The lowest BCUT2D eigenvalue weighted by atomic mass is 10.3. The topological polar surface area (TPSA) is 47.0 Å². The molecule has 1 N–H and O–H groups in total. The van der Waals surface area contributed by atoms with Crippen LogP contribution in [0, 0.1) is 6.92 Å². The lowest BCUT2D eigenvalue weighted by Gasteiger charge is -2.00. The fourth-order valence-corrected chi connectivity index (χ4v) is 3.93. The molecule has 7 heteroatoms. The average Bonchev–Trinajstić information content (AvgIpc) is 2.97. The van der Waals surface area contributed by atoms with Gasteiger partial charge in [0.2, 0.25) is 0 Å². The molecule has 0 bridgehead atoms. The van der Waals surface area contributed by atoms with Gasteiger partial charge in [0.05, 0.1) is 15.3 Å². The Labute approximate surface area is 129 Å². The summed E-state index contributed by atoms with van der Waals surface area (Å²) < 4.78 is 6.15. The first-order chi connectivity index (χ1) is 9.20. The van der Waals surface area contributed by atoms with E-state index in [1.54, 1.807) is 29.8 Å². The van der Waals surface area contributed by atoms with Crippen molar-refractivity contribution in [2.75, 3.05) is 26.8 Å². The smallest absolute Gasteiger partial charge is 0.157 e. The Morgan fingerprint density at radius 3 is 2.84 bits per heavy atom. The molecule has 0 aliphatic heterocycles. The Bertz CT molecular complexity index is 507. The van der Waals surface area contributed by atoms with E-state index in [-0.39, 0.29) is 0 Å². The van der Waals surface area contributed by atoms with E-state index in [2.05, 4.69) is 44.4 Å². The standard InChI is InChI=1S/C12H16BrN3OS2/c1-8-7-9(18-11(8)13)12-16-15-10(19-12)3-4-14-5-6-17-2/h7,14H,3-6H2,1-2H3. The molecule has 19 heavy (non-hydrogen) atoms. The van der Waals surface area contributed by atoms with Gasteiger partial charge < -0.3 is 10.1 Å². The van der Waals surface area contributed by atoms with Crippen molar-refractivity contribution < 1.29 is 4.74 Å². The van der Waals surface area contributed by atoms with Crippen LogP contribution in [0.4, 0.5) is 0 Å². The van der Waals surface area contributed by atoms with Crippen LogP contribution < -0.4 is 5.32 Å². The van der Waals surface area contributed by atoms with Gasteiger partial charge in [-0.15, -0.1) is 21.5 Å². The fraction of sp³-hybridized carbons (Fsp3) is 0.500. The van der Waals surface area contributed by atoms with Crippen molar-refractivity contribution in [3.05, 3.63) is 20.4 Å². The number of nitrogens with zero attached hydrogens (tertiary/aromatic N) is 2. The van der Waals surface area contributed by atoms with Gasteiger partial charge in [-0.1, -0.05) is 11.3 Å². The van der Waals surface area contributed by atoms with Crippen molar-refractivity contribution >= 4 is 38.6 Å². The van der Waals surface area contributed by atoms with Gasteiger partial charge in [-0.25, -0.2) is 0 Å². The molecule has 0 fully saturated rings. The lowest BCUT2D eigenvalue weighted by molar-refractivity contribution is 0.199. The Morgan fingerprint density at radius 1 is 1.32 bits per heavy atom. The van der Waals surface area contributed by atoms with Crippen LogP contribution >= 0.6 is 38.6 Å². The van der Waals surface area contributed by atoms with E-state index in [9.17, 15) is 0 Å². The van der Waals surface area contributed by atoms with Crippen molar-refractivity contribution in [1.29, 1.82) is 0 Å². The number of halogens is 1. The number of aromatic nitrogens is 2. The molecule has 0 aliphatic rings. The van der Waals surface area contributed by atoms with Gasteiger partial charge in [0.15, 0.2) is 5.01 Å². The maximum absolute atomic E-state index is 4.98. The Balaban J connectivity index is 1.88. The summed E-state index contributed by atoms with van der Waals surface area (Å²) in [6.07, 6.45) is 0.910. The number of hydrogen-bond donors (Lipinski definition) is 1. The molecule has 0 atom stereocenters. The van der Waals surface area contributed by atoms with E-state index in [1.807, 2.05) is 0 Å². The quantitative estimate of drug-likeness (QED) is 0.769. The fourth-order valence-electron chi connectivity index (χ4n) is 1.51. The van der Waals surface area contributed by atoms with Crippen molar-refractivity contribution in [3.8, 4) is 9.88 Å². The first-order valence-electron chi connectivity index (χ1n) is 5.99. The van der Waals surface area contributed by atoms with Crippen molar-refractivity contribution in [1.82, 2.24) is 15.5 Å². The third kappa shape index (κ3) is 4.32. The van der Waals surface area contributed by atoms with Gasteiger partial charge in [-0.2, -0.15) is 0 Å². The van der Waals surface area contributed by atoms with Gasteiger partial charge in [0.1, 0.15) is 5.01 Å². The molecule has 104 valence electrons.